The predicted octanol–water partition coefficient (Wildman–Crippen LogP) is 2.70. The molecule has 0 atom stereocenters. The molecule has 0 aromatic carbocycles. The molecule has 0 radical (unpaired) electrons. The maximum Gasteiger partial charge on any atom is 0.272 e. The van der Waals surface area contributed by atoms with Crippen LogP contribution in [0.5, 0.6) is 0 Å². The summed E-state index contributed by atoms with van der Waals surface area (Å²) in [5.41, 5.74) is 0.898. The van der Waals surface area contributed by atoms with Crippen LogP contribution in [-0.2, 0) is 10.0 Å². The number of aryl methyl sites for hydroxylation is 1. The van der Waals surface area contributed by atoms with Gasteiger partial charge in [-0.05, 0) is 25.0 Å². The number of aromatic nitrogens is 2. The first kappa shape index (κ1) is 13.1. The Morgan fingerprint density at radius 3 is 2.61 bits per heavy atom. The Balaban J connectivity index is 2.22. The fraction of sp³-hybridized carbons (Fsp3) is 0.364. The van der Waals surface area contributed by atoms with Crippen molar-refractivity contribution in [1.82, 2.24) is 10.2 Å². The summed E-state index contributed by atoms with van der Waals surface area (Å²) in [4.78, 5) is 0.959. The molecule has 0 spiro atoms. The third kappa shape index (κ3) is 2.73. The van der Waals surface area contributed by atoms with Crippen molar-refractivity contribution in [2.24, 2.45) is 0 Å². The predicted molar refractivity (Wildman–Crippen MR) is 72.5 cm³/mol. The molecule has 0 aliphatic heterocycles. The highest BCUT2D eigenvalue weighted by atomic mass is 32.2. The van der Waals surface area contributed by atoms with E-state index in [4.69, 9.17) is 0 Å². The van der Waals surface area contributed by atoms with Crippen LogP contribution in [0, 0.1) is 6.92 Å². The van der Waals surface area contributed by atoms with Crippen LogP contribution in [0.2, 0.25) is 0 Å². The van der Waals surface area contributed by atoms with Gasteiger partial charge in [-0.2, -0.15) is 5.10 Å². The first-order valence-electron chi connectivity index (χ1n) is 5.53. The number of H-pyrrole nitrogens is 1. The average Bonchev–Trinajstić information content (AvgIpc) is 2.86. The topological polar surface area (TPSA) is 74.8 Å². The van der Waals surface area contributed by atoms with Crippen molar-refractivity contribution in [2.45, 2.75) is 30.9 Å². The summed E-state index contributed by atoms with van der Waals surface area (Å²) in [5, 5.41) is 6.76. The number of nitrogens with zero attached hydrogens (tertiary/aromatic N) is 1. The maximum absolute atomic E-state index is 12.0. The van der Waals surface area contributed by atoms with E-state index < -0.39 is 10.0 Å². The Kier molecular flexibility index (Phi) is 3.45. The molecule has 2 aromatic heterocycles. The van der Waals surface area contributed by atoms with E-state index in [0.29, 0.717) is 10.0 Å². The largest absolute Gasteiger partial charge is 0.280 e. The number of anilines is 1. The van der Waals surface area contributed by atoms with Gasteiger partial charge in [-0.1, -0.05) is 13.8 Å². The Hall–Kier alpha value is -1.34. The van der Waals surface area contributed by atoms with E-state index >= 15 is 0 Å². The molecule has 0 aliphatic carbocycles. The summed E-state index contributed by atoms with van der Waals surface area (Å²) < 4.78 is 26.8. The minimum atomic E-state index is -3.52. The molecule has 18 heavy (non-hydrogen) atoms. The second kappa shape index (κ2) is 4.74. The molecule has 2 heterocycles. The summed E-state index contributed by atoms with van der Waals surface area (Å²) >= 11 is 1.24. The van der Waals surface area contributed by atoms with Crippen molar-refractivity contribution in [3.05, 3.63) is 28.8 Å². The third-order valence-corrected chi connectivity index (χ3v) is 5.29. The molecule has 0 amide bonds. The zero-order valence-corrected chi connectivity index (χ0v) is 12.0. The lowest BCUT2D eigenvalue weighted by atomic mass is 10.1. The van der Waals surface area contributed by atoms with E-state index in [9.17, 15) is 8.42 Å². The minimum absolute atomic E-state index is 0.278. The summed E-state index contributed by atoms with van der Waals surface area (Å²) in [7, 11) is -3.52. The van der Waals surface area contributed by atoms with Gasteiger partial charge in [-0.3, -0.25) is 9.82 Å². The summed E-state index contributed by atoms with van der Waals surface area (Å²) in [6.07, 6.45) is 0. The lowest BCUT2D eigenvalue weighted by Crippen LogP contribution is -2.11. The quantitative estimate of drug-likeness (QED) is 0.907. The van der Waals surface area contributed by atoms with Crippen molar-refractivity contribution < 1.29 is 8.42 Å². The molecule has 0 aliphatic rings. The van der Waals surface area contributed by atoms with E-state index in [1.54, 1.807) is 18.2 Å². The highest BCUT2D eigenvalue weighted by molar-refractivity contribution is 7.94. The van der Waals surface area contributed by atoms with Gasteiger partial charge in [0, 0.05) is 16.6 Å². The molecule has 0 bridgehead atoms. The zero-order chi connectivity index (χ0) is 13.3. The van der Waals surface area contributed by atoms with Crippen molar-refractivity contribution in [3.63, 3.8) is 0 Å². The molecule has 5 nitrogen and oxygen atoms in total. The molecule has 2 rings (SSSR count). The number of hydrogen-bond acceptors (Lipinski definition) is 4. The van der Waals surface area contributed by atoms with Gasteiger partial charge in [-0.25, -0.2) is 8.42 Å². The molecular weight excluding hydrogens is 270 g/mol. The standard InChI is InChI=1S/C11H15N3O2S2/c1-7(2)9-6-10(13-12-9)14-18(15,16)11-5-4-8(3)17-11/h4-7H,1-3H3,(H2,12,13,14). The van der Waals surface area contributed by atoms with Crippen molar-refractivity contribution in [1.29, 1.82) is 0 Å². The first-order valence-corrected chi connectivity index (χ1v) is 7.83. The molecular formula is C11H15N3O2S2. The highest BCUT2D eigenvalue weighted by Crippen LogP contribution is 2.23. The lowest BCUT2D eigenvalue weighted by molar-refractivity contribution is 0.603. The average molecular weight is 285 g/mol. The molecule has 0 unspecified atom stereocenters. The van der Waals surface area contributed by atoms with Crippen molar-refractivity contribution in [2.75, 3.05) is 4.72 Å². The van der Waals surface area contributed by atoms with Crippen molar-refractivity contribution >= 4 is 27.2 Å². The van der Waals surface area contributed by atoms with E-state index in [0.717, 1.165) is 10.6 Å². The third-order valence-electron chi connectivity index (χ3n) is 2.44. The summed E-state index contributed by atoms with van der Waals surface area (Å²) in [5.74, 6) is 0.601. The van der Waals surface area contributed by atoms with Crippen LogP contribution in [-0.4, -0.2) is 18.6 Å². The van der Waals surface area contributed by atoms with Gasteiger partial charge >= 0.3 is 0 Å². The minimum Gasteiger partial charge on any atom is -0.280 e. The molecule has 0 saturated heterocycles. The molecule has 0 fully saturated rings. The highest BCUT2D eigenvalue weighted by Gasteiger charge is 2.18. The molecule has 0 saturated carbocycles. The Morgan fingerprint density at radius 1 is 1.39 bits per heavy atom. The second-order valence-corrected chi connectivity index (χ2v) is 7.53. The molecule has 2 N–H and O–H groups in total. The number of nitrogens with one attached hydrogen (secondary N) is 2. The Labute approximate surface area is 110 Å². The van der Waals surface area contributed by atoms with Gasteiger partial charge in [0.1, 0.15) is 4.21 Å². The fourth-order valence-electron chi connectivity index (χ4n) is 1.43. The number of aromatic amines is 1. The zero-order valence-electron chi connectivity index (χ0n) is 10.4. The summed E-state index contributed by atoms with van der Waals surface area (Å²) in [6, 6.07) is 5.09. The summed E-state index contributed by atoms with van der Waals surface area (Å²) in [6.45, 7) is 5.89. The van der Waals surface area contributed by atoms with Crippen LogP contribution in [0.3, 0.4) is 0 Å². The van der Waals surface area contributed by atoms with Crippen LogP contribution < -0.4 is 4.72 Å². The number of rotatable bonds is 4. The van der Waals surface area contributed by atoms with Crippen molar-refractivity contribution in [3.8, 4) is 0 Å². The van der Waals surface area contributed by atoms with E-state index in [2.05, 4.69) is 14.9 Å². The van der Waals surface area contributed by atoms with Crippen LogP contribution in [0.25, 0.3) is 0 Å². The SMILES string of the molecule is Cc1ccc(S(=O)(=O)Nc2cc(C(C)C)[nH]n2)s1. The van der Waals surface area contributed by atoms with E-state index in [1.165, 1.54) is 11.3 Å². The van der Waals surface area contributed by atoms with Gasteiger partial charge < -0.3 is 0 Å². The van der Waals surface area contributed by atoms with Crippen LogP contribution >= 0.6 is 11.3 Å². The number of hydrogen-bond donors (Lipinski definition) is 2. The van der Waals surface area contributed by atoms with Crippen LogP contribution in [0.1, 0.15) is 30.3 Å². The van der Waals surface area contributed by atoms with Crippen LogP contribution in [0.15, 0.2) is 22.4 Å². The number of sulfonamides is 1. The maximum atomic E-state index is 12.0. The molecule has 2 aromatic rings. The normalized spacial score (nSPS) is 12.0. The lowest BCUT2D eigenvalue weighted by Gasteiger charge is -2.01. The van der Waals surface area contributed by atoms with Gasteiger partial charge in [0.05, 0.1) is 0 Å². The molecule has 98 valence electrons. The van der Waals surface area contributed by atoms with E-state index in [-0.39, 0.29) is 5.92 Å². The smallest absolute Gasteiger partial charge is 0.272 e. The van der Waals surface area contributed by atoms with E-state index in [1.807, 2.05) is 20.8 Å². The second-order valence-electron chi connectivity index (χ2n) is 4.33. The fourth-order valence-corrected chi connectivity index (χ4v) is 3.70. The van der Waals surface area contributed by atoms with Crippen LogP contribution in [0.4, 0.5) is 5.82 Å². The molecule has 7 heteroatoms. The monoisotopic (exact) mass is 285 g/mol. The van der Waals surface area contributed by atoms with Gasteiger partial charge in [0.25, 0.3) is 10.0 Å². The van der Waals surface area contributed by atoms with Gasteiger partial charge in [0.2, 0.25) is 0 Å². The van der Waals surface area contributed by atoms with Gasteiger partial charge in [-0.15, -0.1) is 11.3 Å². The first-order chi connectivity index (χ1) is 8.38. The Morgan fingerprint density at radius 2 is 2.11 bits per heavy atom. The Bertz CT molecular complexity index is 641. The van der Waals surface area contributed by atoms with Gasteiger partial charge in [0.15, 0.2) is 5.82 Å². The number of thiophene rings is 1.